The van der Waals surface area contributed by atoms with Crippen LogP contribution in [-0.2, 0) is 6.54 Å². The Labute approximate surface area is 136 Å². The molecule has 0 unspecified atom stereocenters. The molecular formula is C19H21N2O2+. The molecule has 3 rings (SSSR count). The maximum Gasteiger partial charge on any atom is 0.288 e. The van der Waals surface area contributed by atoms with Gasteiger partial charge in [-0.15, -0.1) is 0 Å². The van der Waals surface area contributed by atoms with E-state index in [1.165, 1.54) is 0 Å². The number of hydrogen-bond acceptors (Lipinski definition) is 2. The van der Waals surface area contributed by atoms with Gasteiger partial charge in [0.15, 0.2) is 22.5 Å². The molecule has 0 aliphatic rings. The van der Waals surface area contributed by atoms with E-state index in [4.69, 9.17) is 9.47 Å². The average molecular weight is 309 g/mol. The monoisotopic (exact) mass is 309 g/mol. The molecule has 4 heteroatoms. The van der Waals surface area contributed by atoms with Crippen LogP contribution in [0.15, 0.2) is 54.6 Å². The number of hydrogen-bond donors (Lipinski definition) is 1. The summed E-state index contributed by atoms with van der Waals surface area (Å²) in [4.78, 5) is 3.50. The minimum Gasteiger partial charge on any atom is -0.493 e. The van der Waals surface area contributed by atoms with E-state index in [9.17, 15) is 0 Å². The Morgan fingerprint density at radius 2 is 1.83 bits per heavy atom. The lowest BCUT2D eigenvalue weighted by molar-refractivity contribution is -0.651. The van der Waals surface area contributed by atoms with Gasteiger partial charge in [0.25, 0.3) is 5.82 Å². The molecule has 0 atom stereocenters. The molecular weight excluding hydrogens is 288 g/mol. The topological polar surface area (TPSA) is 38.1 Å². The number of fused-ring (bicyclic) bond motifs is 1. The molecule has 0 fully saturated rings. The minimum atomic E-state index is 0.713. The van der Waals surface area contributed by atoms with Gasteiger partial charge in [-0.05, 0) is 42.8 Å². The second kappa shape index (κ2) is 6.16. The van der Waals surface area contributed by atoms with E-state index in [2.05, 4.69) is 28.3 Å². The highest BCUT2D eigenvalue weighted by Crippen LogP contribution is 2.31. The molecule has 0 bridgehead atoms. The van der Waals surface area contributed by atoms with Crippen LogP contribution in [0.3, 0.4) is 0 Å². The number of benzene rings is 2. The van der Waals surface area contributed by atoms with Crippen molar-refractivity contribution in [3.8, 4) is 22.9 Å². The summed E-state index contributed by atoms with van der Waals surface area (Å²) < 4.78 is 13.0. The summed E-state index contributed by atoms with van der Waals surface area (Å²) in [6, 6.07) is 14.2. The molecule has 3 aromatic rings. The highest BCUT2D eigenvalue weighted by molar-refractivity contribution is 5.75. The Balaban J connectivity index is 2.21. The fourth-order valence-electron chi connectivity index (χ4n) is 2.78. The molecule has 0 saturated carbocycles. The molecule has 0 radical (unpaired) electrons. The summed E-state index contributed by atoms with van der Waals surface area (Å²) in [6.07, 6.45) is 0. The van der Waals surface area contributed by atoms with Crippen LogP contribution < -0.4 is 14.0 Å². The largest absolute Gasteiger partial charge is 0.493 e. The van der Waals surface area contributed by atoms with Crippen LogP contribution in [0.2, 0.25) is 0 Å². The highest BCUT2D eigenvalue weighted by Gasteiger charge is 2.21. The maximum atomic E-state index is 5.43. The first-order chi connectivity index (χ1) is 11.1. The molecule has 2 aromatic carbocycles. The van der Waals surface area contributed by atoms with Crippen LogP contribution in [0, 0.1) is 0 Å². The highest BCUT2D eigenvalue weighted by atomic mass is 16.5. The van der Waals surface area contributed by atoms with Gasteiger partial charge in [0.1, 0.15) is 6.54 Å². The molecule has 118 valence electrons. The van der Waals surface area contributed by atoms with E-state index in [-0.39, 0.29) is 0 Å². The van der Waals surface area contributed by atoms with Crippen molar-refractivity contribution in [3.63, 3.8) is 0 Å². The number of aromatic amines is 1. The SMILES string of the molecule is C=C(C)C[n+]1c(-c2ccc(OC)c(OC)c2)[nH]c2ccccc21. The Morgan fingerprint density at radius 3 is 2.52 bits per heavy atom. The van der Waals surface area contributed by atoms with Gasteiger partial charge in [-0.2, -0.15) is 0 Å². The molecule has 1 aromatic heterocycles. The van der Waals surface area contributed by atoms with Crippen LogP contribution in [-0.4, -0.2) is 19.2 Å². The van der Waals surface area contributed by atoms with Gasteiger partial charge in [0.2, 0.25) is 0 Å². The van der Waals surface area contributed by atoms with E-state index in [1.807, 2.05) is 37.3 Å². The Bertz CT molecular complexity index is 865. The van der Waals surface area contributed by atoms with E-state index in [0.717, 1.165) is 40.3 Å². The predicted octanol–water partition coefficient (Wildman–Crippen LogP) is 3.72. The zero-order valence-corrected chi connectivity index (χ0v) is 13.7. The van der Waals surface area contributed by atoms with Gasteiger partial charge >= 0.3 is 0 Å². The second-order valence-electron chi connectivity index (χ2n) is 5.60. The quantitative estimate of drug-likeness (QED) is 0.576. The summed E-state index contributed by atoms with van der Waals surface area (Å²) in [5.74, 6) is 2.46. The molecule has 0 spiro atoms. The number of aromatic nitrogens is 2. The van der Waals surface area contributed by atoms with Crippen LogP contribution >= 0.6 is 0 Å². The molecule has 23 heavy (non-hydrogen) atoms. The third-order valence-corrected chi connectivity index (χ3v) is 3.80. The lowest BCUT2D eigenvalue weighted by Crippen LogP contribution is -2.35. The lowest BCUT2D eigenvalue weighted by atomic mass is 10.2. The van der Waals surface area contributed by atoms with Crippen LogP contribution in [0.1, 0.15) is 6.92 Å². The van der Waals surface area contributed by atoms with Gasteiger partial charge in [0, 0.05) is 0 Å². The van der Waals surface area contributed by atoms with Gasteiger partial charge < -0.3 is 9.47 Å². The van der Waals surface area contributed by atoms with Gasteiger partial charge in [-0.1, -0.05) is 18.7 Å². The van der Waals surface area contributed by atoms with E-state index >= 15 is 0 Å². The fourth-order valence-corrected chi connectivity index (χ4v) is 2.78. The number of methoxy groups -OCH3 is 2. The minimum absolute atomic E-state index is 0.713. The standard InChI is InChI=1S/C19H20N2O2/c1-13(2)12-21-16-8-6-5-7-15(16)20-19(21)14-9-10-17(22-3)18(11-14)23-4/h5-11H,1,12H2,2-4H3/p+1. The maximum absolute atomic E-state index is 5.43. The van der Waals surface area contributed by atoms with E-state index in [1.54, 1.807) is 14.2 Å². The lowest BCUT2D eigenvalue weighted by Gasteiger charge is -2.08. The van der Waals surface area contributed by atoms with Crippen LogP contribution in [0.25, 0.3) is 22.4 Å². The second-order valence-corrected chi connectivity index (χ2v) is 5.60. The third kappa shape index (κ3) is 2.80. The summed E-state index contributed by atoms with van der Waals surface area (Å²) in [6.45, 7) is 6.85. The van der Waals surface area contributed by atoms with Crippen LogP contribution in [0.5, 0.6) is 11.5 Å². The Morgan fingerprint density at radius 1 is 1.09 bits per heavy atom. The molecule has 0 aliphatic carbocycles. The molecule has 0 aliphatic heterocycles. The van der Waals surface area contributed by atoms with Crippen LogP contribution in [0.4, 0.5) is 0 Å². The first-order valence-electron chi connectivity index (χ1n) is 7.51. The average Bonchev–Trinajstić information content (AvgIpc) is 2.92. The number of ether oxygens (including phenoxy) is 2. The number of H-pyrrole nitrogens is 1. The molecule has 0 saturated heterocycles. The first-order valence-corrected chi connectivity index (χ1v) is 7.51. The predicted molar refractivity (Wildman–Crippen MR) is 91.8 cm³/mol. The van der Waals surface area contributed by atoms with Crippen molar-refractivity contribution in [2.24, 2.45) is 0 Å². The fraction of sp³-hybridized carbons (Fsp3) is 0.211. The van der Waals surface area contributed by atoms with Crippen molar-refractivity contribution in [2.75, 3.05) is 14.2 Å². The van der Waals surface area contributed by atoms with Crippen molar-refractivity contribution in [2.45, 2.75) is 13.5 Å². The molecule has 1 heterocycles. The van der Waals surface area contributed by atoms with Gasteiger partial charge in [0.05, 0.1) is 19.8 Å². The van der Waals surface area contributed by atoms with Crippen molar-refractivity contribution < 1.29 is 14.0 Å². The summed E-state index contributed by atoms with van der Waals surface area (Å²) in [5.41, 5.74) is 4.39. The number of nitrogens with zero attached hydrogens (tertiary/aromatic N) is 1. The number of para-hydroxylation sites is 2. The van der Waals surface area contributed by atoms with E-state index in [0.29, 0.717) is 5.75 Å². The smallest absolute Gasteiger partial charge is 0.288 e. The number of imidazole rings is 1. The van der Waals surface area contributed by atoms with Crippen molar-refractivity contribution in [1.82, 2.24) is 4.98 Å². The first kappa shape index (κ1) is 15.2. The molecule has 1 N–H and O–H groups in total. The van der Waals surface area contributed by atoms with Gasteiger partial charge in [-0.25, -0.2) is 9.55 Å². The van der Waals surface area contributed by atoms with Gasteiger partial charge in [-0.3, -0.25) is 0 Å². The zero-order valence-electron chi connectivity index (χ0n) is 13.7. The van der Waals surface area contributed by atoms with Crippen molar-refractivity contribution >= 4 is 11.0 Å². The third-order valence-electron chi connectivity index (χ3n) is 3.80. The molecule has 4 nitrogen and oxygen atoms in total. The number of rotatable bonds is 5. The molecule has 0 amide bonds. The number of nitrogens with one attached hydrogen (secondary N) is 1. The zero-order chi connectivity index (χ0) is 16.4. The Hall–Kier alpha value is -2.75. The number of allylic oxidation sites excluding steroid dienone is 1. The van der Waals surface area contributed by atoms with Crippen molar-refractivity contribution in [1.29, 1.82) is 0 Å². The summed E-state index contributed by atoms with van der Waals surface area (Å²) >= 11 is 0. The Kier molecular flexibility index (Phi) is 4.06. The van der Waals surface area contributed by atoms with Crippen molar-refractivity contribution in [3.05, 3.63) is 54.6 Å². The summed E-state index contributed by atoms with van der Waals surface area (Å²) in [5, 5.41) is 0. The normalized spacial score (nSPS) is 10.7. The summed E-state index contributed by atoms with van der Waals surface area (Å²) in [7, 11) is 3.29. The van der Waals surface area contributed by atoms with E-state index < -0.39 is 0 Å².